The van der Waals surface area contributed by atoms with Crippen molar-refractivity contribution >= 4 is 56.5 Å². The molecular formula is C22H21ClFN3O2S2. The van der Waals surface area contributed by atoms with E-state index in [1.807, 2.05) is 0 Å². The number of aryl methyl sites for hydroxylation is 1. The Hall–Kier alpha value is -2.16. The summed E-state index contributed by atoms with van der Waals surface area (Å²) in [6, 6.07) is 4.06. The number of carbonyl (C=O) groups is 1. The number of allylic oxidation sites excluding steroid dienone is 1. The molecule has 3 aromatic rings. The Morgan fingerprint density at radius 3 is 3.06 bits per heavy atom. The second kappa shape index (κ2) is 9.14. The highest BCUT2D eigenvalue weighted by Crippen LogP contribution is 2.36. The van der Waals surface area contributed by atoms with Crippen LogP contribution in [0.2, 0.25) is 5.02 Å². The zero-order valence-corrected chi connectivity index (χ0v) is 19.3. The van der Waals surface area contributed by atoms with Crippen molar-refractivity contribution in [2.45, 2.75) is 37.9 Å². The van der Waals surface area contributed by atoms with Crippen molar-refractivity contribution < 1.29 is 9.18 Å². The fourth-order valence-corrected chi connectivity index (χ4v) is 6.10. The molecule has 1 aliphatic rings. The maximum absolute atomic E-state index is 13.9. The van der Waals surface area contributed by atoms with Gasteiger partial charge in [0, 0.05) is 16.4 Å². The number of thioether (sulfide) groups is 1. The van der Waals surface area contributed by atoms with E-state index in [4.69, 9.17) is 16.6 Å². The summed E-state index contributed by atoms with van der Waals surface area (Å²) < 4.78 is 15.5. The number of thiophene rings is 1. The van der Waals surface area contributed by atoms with E-state index in [1.165, 1.54) is 17.0 Å². The molecule has 0 saturated carbocycles. The quantitative estimate of drug-likeness (QED) is 0.297. The summed E-state index contributed by atoms with van der Waals surface area (Å²) in [4.78, 5) is 32.3. The number of benzene rings is 1. The summed E-state index contributed by atoms with van der Waals surface area (Å²) in [6.45, 7) is 6.27. The normalized spacial score (nSPS) is 15.6. The van der Waals surface area contributed by atoms with E-state index in [0.29, 0.717) is 23.0 Å². The molecule has 1 atom stereocenters. The van der Waals surface area contributed by atoms with E-state index >= 15 is 0 Å². The van der Waals surface area contributed by atoms with Crippen molar-refractivity contribution in [3.8, 4) is 0 Å². The maximum Gasteiger partial charge on any atom is 0.263 e. The SMILES string of the molecule is C=CCn1c(SCC(=O)Nc2ccc(Cl)cc2F)nc2sc3c(c2c1=O)CCC(C)C3. The van der Waals surface area contributed by atoms with Gasteiger partial charge in [0.25, 0.3) is 5.56 Å². The molecule has 1 unspecified atom stereocenters. The van der Waals surface area contributed by atoms with Crippen LogP contribution in [0.25, 0.3) is 10.2 Å². The summed E-state index contributed by atoms with van der Waals surface area (Å²) in [6.07, 6.45) is 4.57. The van der Waals surface area contributed by atoms with Crippen molar-refractivity contribution in [3.05, 3.63) is 62.5 Å². The molecule has 31 heavy (non-hydrogen) atoms. The van der Waals surface area contributed by atoms with Gasteiger partial charge in [-0.3, -0.25) is 14.2 Å². The molecule has 0 bridgehead atoms. The van der Waals surface area contributed by atoms with Gasteiger partial charge in [-0.2, -0.15) is 0 Å². The van der Waals surface area contributed by atoms with E-state index < -0.39 is 11.7 Å². The topological polar surface area (TPSA) is 64.0 Å². The van der Waals surface area contributed by atoms with Crippen molar-refractivity contribution in [1.82, 2.24) is 9.55 Å². The van der Waals surface area contributed by atoms with Gasteiger partial charge in [-0.05, 0) is 48.9 Å². The number of carbonyl (C=O) groups excluding carboxylic acids is 1. The van der Waals surface area contributed by atoms with Crippen LogP contribution in [0.5, 0.6) is 0 Å². The highest BCUT2D eigenvalue weighted by Gasteiger charge is 2.24. The Morgan fingerprint density at radius 2 is 2.32 bits per heavy atom. The highest BCUT2D eigenvalue weighted by molar-refractivity contribution is 7.99. The summed E-state index contributed by atoms with van der Waals surface area (Å²) in [5, 5.41) is 3.94. The van der Waals surface area contributed by atoms with Gasteiger partial charge in [0.15, 0.2) is 5.16 Å². The lowest BCUT2D eigenvalue weighted by molar-refractivity contribution is -0.113. The van der Waals surface area contributed by atoms with Crippen molar-refractivity contribution in [2.24, 2.45) is 5.92 Å². The van der Waals surface area contributed by atoms with Crippen LogP contribution >= 0.6 is 34.7 Å². The van der Waals surface area contributed by atoms with Crippen LogP contribution in [0.1, 0.15) is 23.8 Å². The lowest BCUT2D eigenvalue weighted by atomic mass is 9.89. The minimum atomic E-state index is -0.604. The van der Waals surface area contributed by atoms with Gasteiger partial charge in [-0.1, -0.05) is 36.4 Å². The minimum absolute atomic E-state index is 0.0146. The Bertz CT molecular complexity index is 1240. The standard InChI is InChI=1S/C22H21ClFN3O2S2/c1-3-8-27-21(29)19-14-6-4-12(2)9-17(14)31-20(19)26-22(27)30-11-18(28)25-16-7-5-13(23)10-15(16)24/h3,5,7,10,12H,1,4,6,8-9,11H2,2H3,(H,25,28). The van der Waals surface area contributed by atoms with Crippen LogP contribution in [0.4, 0.5) is 10.1 Å². The van der Waals surface area contributed by atoms with Crippen LogP contribution < -0.4 is 10.9 Å². The first-order valence-corrected chi connectivity index (χ1v) is 12.1. The summed E-state index contributed by atoms with van der Waals surface area (Å²) in [5.74, 6) is -0.418. The molecule has 162 valence electrons. The molecule has 2 aromatic heterocycles. The summed E-state index contributed by atoms with van der Waals surface area (Å²) in [7, 11) is 0. The van der Waals surface area contributed by atoms with E-state index in [-0.39, 0.29) is 22.0 Å². The Morgan fingerprint density at radius 1 is 1.52 bits per heavy atom. The third-order valence-electron chi connectivity index (χ3n) is 5.23. The second-order valence-electron chi connectivity index (χ2n) is 7.59. The summed E-state index contributed by atoms with van der Waals surface area (Å²) >= 11 is 8.47. The average molecular weight is 478 g/mol. The zero-order chi connectivity index (χ0) is 22.1. The number of halogens is 2. The smallest absolute Gasteiger partial charge is 0.263 e. The fourth-order valence-electron chi connectivity index (χ4n) is 3.71. The monoisotopic (exact) mass is 477 g/mol. The lowest BCUT2D eigenvalue weighted by Crippen LogP contribution is -2.24. The predicted molar refractivity (Wildman–Crippen MR) is 126 cm³/mol. The van der Waals surface area contributed by atoms with E-state index in [2.05, 4.69) is 18.8 Å². The van der Waals surface area contributed by atoms with Crippen LogP contribution in [-0.4, -0.2) is 21.2 Å². The molecule has 4 rings (SSSR count). The molecule has 1 N–H and O–H groups in total. The first-order chi connectivity index (χ1) is 14.9. The number of nitrogens with zero attached hydrogens (tertiary/aromatic N) is 2. The molecule has 5 nitrogen and oxygen atoms in total. The number of anilines is 1. The van der Waals surface area contributed by atoms with Gasteiger partial charge in [-0.25, -0.2) is 9.37 Å². The van der Waals surface area contributed by atoms with Gasteiger partial charge in [0.05, 0.1) is 16.8 Å². The van der Waals surface area contributed by atoms with Gasteiger partial charge >= 0.3 is 0 Å². The molecule has 1 amide bonds. The number of nitrogens with one attached hydrogen (secondary N) is 1. The van der Waals surface area contributed by atoms with Gasteiger partial charge < -0.3 is 5.32 Å². The molecular weight excluding hydrogens is 457 g/mol. The van der Waals surface area contributed by atoms with Crippen LogP contribution in [0, 0.1) is 11.7 Å². The molecule has 1 aromatic carbocycles. The molecule has 0 aliphatic heterocycles. The maximum atomic E-state index is 13.9. The lowest BCUT2D eigenvalue weighted by Gasteiger charge is -2.17. The van der Waals surface area contributed by atoms with E-state index in [0.717, 1.165) is 47.5 Å². The third kappa shape index (κ3) is 4.56. The largest absolute Gasteiger partial charge is 0.323 e. The van der Waals surface area contributed by atoms with Gasteiger partial charge in [0.1, 0.15) is 10.6 Å². The first kappa shape index (κ1) is 22.0. The summed E-state index contributed by atoms with van der Waals surface area (Å²) in [5.41, 5.74) is 1.09. The highest BCUT2D eigenvalue weighted by atomic mass is 35.5. The van der Waals surface area contributed by atoms with Crippen LogP contribution in [0.3, 0.4) is 0 Å². The Kier molecular flexibility index (Phi) is 6.50. The fraction of sp³-hybridized carbons (Fsp3) is 0.318. The molecule has 0 spiro atoms. The molecule has 2 heterocycles. The molecule has 0 saturated heterocycles. The Balaban J connectivity index is 1.60. The second-order valence-corrected chi connectivity index (χ2v) is 10.1. The average Bonchev–Trinajstić information content (AvgIpc) is 3.08. The van der Waals surface area contributed by atoms with E-state index in [1.54, 1.807) is 22.0 Å². The number of fused-ring (bicyclic) bond motifs is 3. The predicted octanol–water partition coefficient (Wildman–Crippen LogP) is 5.29. The van der Waals surface area contributed by atoms with Crippen LogP contribution in [0.15, 0.2) is 40.8 Å². The third-order valence-corrected chi connectivity index (χ3v) is 7.59. The minimum Gasteiger partial charge on any atom is -0.323 e. The Labute approximate surface area is 192 Å². The van der Waals surface area contributed by atoms with Crippen molar-refractivity contribution in [2.75, 3.05) is 11.1 Å². The first-order valence-electron chi connectivity index (χ1n) is 9.91. The van der Waals surface area contributed by atoms with Crippen molar-refractivity contribution in [3.63, 3.8) is 0 Å². The van der Waals surface area contributed by atoms with Crippen LogP contribution in [-0.2, 0) is 24.2 Å². The van der Waals surface area contributed by atoms with Crippen molar-refractivity contribution in [1.29, 1.82) is 0 Å². The number of rotatable bonds is 6. The van der Waals surface area contributed by atoms with E-state index in [9.17, 15) is 14.0 Å². The number of amides is 1. The molecule has 0 radical (unpaired) electrons. The number of aromatic nitrogens is 2. The number of hydrogen-bond acceptors (Lipinski definition) is 5. The molecule has 9 heteroatoms. The zero-order valence-electron chi connectivity index (χ0n) is 16.9. The number of hydrogen-bond donors (Lipinski definition) is 1. The molecule has 0 fully saturated rings. The molecule has 1 aliphatic carbocycles. The van der Waals surface area contributed by atoms with Gasteiger partial charge in [0.2, 0.25) is 5.91 Å². The van der Waals surface area contributed by atoms with Gasteiger partial charge in [-0.15, -0.1) is 17.9 Å².